The summed E-state index contributed by atoms with van der Waals surface area (Å²) in [5, 5.41) is 8.76. The SMILES string of the molecule is N#[N+]c1ccccc1OCc1ccccc1. The van der Waals surface area contributed by atoms with Crippen molar-refractivity contribution in [3.8, 4) is 5.75 Å². The maximum Gasteiger partial charge on any atom is 0.426 e. The van der Waals surface area contributed by atoms with Gasteiger partial charge in [-0.15, -0.1) is 0 Å². The van der Waals surface area contributed by atoms with Crippen molar-refractivity contribution in [3.63, 3.8) is 0 Å². The topological polar surface area (TPSA) is 37.4 Å². The summed E-state index contributed by atoms with van der Waals surface area (Å²) >= 11 is 0. The number of para-hydroxylation sites is 1. The molecule has 3 heteroatoms. The Kier molecular flexibility index (Phi) is 3.15. The van der Waals surface area contributed by atoms with Crippen molar-refractivity contribution >= 4 is 5.69 Å². The van der Waals surface area contributed by atoms with Gasteiger partial charge in [-0.25, -0.2) is 0 Å². The second-order valence-electron chi connectivity index (χ2n) is 3.34. The zero-order valence-electron chi connectivity index (χ0n) is 8.71. The molecule has 0 aromatic heterocycles. The molecule has 0 heterocycles. The van der Waals surface area contributed by atoms with Gasteiger partial charge in [-0.1, -0.05) is 42.5 Å². The van der Waals surface area contributed by atoms with Gasteiger partial charge >= 0.3 is 5.69 Å². The second-order valence-corrected chi connectivity index (χ2v) is 3.34. The number of ether oxygens (including phenoxy) is 1. The molecule has 0 unspecified atom stereocenters. The molecule has 0 radical (unpaired) electrons. The Morgan fingerprint density at radius 1 is 0.938 bits per heavy atom. The maximum absolute atomic E-state index is 8.76. The van der Waals surface area contributed by atoms with Gasteiger partial charge < -0.3 is 4.74 Å². The predicted molar refractivity (Wildman–Crippen MR) is 62.0 cm³/mol. The lowest BCUT2D eigenvalue weighted by Crippen LogP contribution is -1.94. The Balaban J connectivity index is 2.09. The quantitative estimate of drug-likeness (QED) is 0.725. The Bertz CT molecular complexity index is 503. The molecule has 3 nitrogen and oxygen atoms in total. The zero-order valence-corrected chi connectivity index (χ0v) is 8.71. The van der Waals surface area contributed by atoms with E-state index in [2.05, 4.69) is 4.98 Å². The molecule has 0 amide bonds. The van der Waals surface area contributed by atoms with Gasteiger partial charge in [-0.05, 0) is 11.6 Å². The Labute approximate surface area is 93.9 Å². The van der Waals surface area contributed by atoms with Gasteiger partial charge in [-0.2, -0.15) is 0 Å². The molecule has 0 atom stereocenters. The number of rotatable bonds is 3. The fraction of sp³-hybridized carbons (Fsp3) is 0.0769. The van der Waals surface area contributed by atoms with Crippen LogP contribution in [-0.4, -0.2) is 0 Å². The van der Waals surface area contributed by atoms with Crippen molar-refractivity contribution in [1.82, 2.24) is 0 Å². The number of hydrogen-bond acceptors (Lipinski definition) is 2. The van der Waals surface area contributed by atoms with Crippen LogP contribution < -0.4 is 4.74 Å². The van der Waals surface area contributed by atoms with E-state index in [1.54, 1.807) is 18.2 Å². The normalized spacial score (nSPS) is 9.44. The highest BCUT2D eigenvalue weighted by atomic mass is 16.5. The monoisotopic (exact) mass is 211 g/mol. The summed E-state index contributed by atoms with van der Waals surface area (Å²) in [5.74, 6) is 0.578. The summed E-state index contributed by atoms with van der Waals surface area (Å²) in [4.78, 5) is 3.16. The van der Waals surface area contributed by atoms with E-state index in [0.29, 0.717) is 18.0 Å². The lowest BCUT2D eigenvalue weighted by Gasteiger charge is -2.03. The largest absolute Gasteiger partial charge is 0.481 e. The van der Waals surface area contributed by atoms with Gasteiger partial charge in [0, 0.05) is 6.07 Å². The average molecular weight is 211 g/mol. The molecule has 0 spiro atoms. The smallest absolute Gasteiger partial charge is 0.426 e. The molecule has 2 aromatic rings. The maximum atomic E-state index is 8.76. The average Bonchev–Trinajstić information content (AvgIpc) is 2.38. The molecular formula is C13H11N2O+. The molecule has 78 valence electrons. The minimum atomic E-state index is 0.443. The van der Waals surface area contributed by atoms with Crippen LogP contribution in [0.25, 0.3) is 4.98 Å². The van der Waals surface area contributed by atoms with Crippen LogP contribution in [0.5, 0.6) is 5.75 Å². The number of nitrogens with zero attached hydrogens (tertiary/aromatic N) is 2. The van der Waals surface area contributed by atoms with Crippen LogP contribution in [0.4, 0.5) is 5.69 Å². The van der Waals surface area contributed by atoms with Crippen LogP contribution in [0.3, 0.4) is 0 Å². The van der Waals surface area contributed by atoms with Crippen LogP contribution in [0, 0.1) is 5.39 Å². The van der Waals surface area contributed by atoms with E-state index in [-0.39, 0.29) is 0 Å². The highest BCUT2D eigenvalue weighted by Crippen LogP contribution is 2.27. The third kappa shape index (κ3) is 2.37. The highest BCUT2D eigenvalue weighted by molar-refractivity contribution is 5.56. The molecule has 16 heavy (non-hydrogen) atoms. The molecule has 0 fully saturated rings. The minimum absolute atomic E-state index is 0.443. The second kappa shape index (κ2) is 4.94. The fourth-order valence-corrected chi connectivity index (χ4v) is 1.40. The molecule has 0 N–H and O–H groups in total. The van der Waals surface area contributed by atoms with E-state index in [0.717, 1.165) is 5.56 Å². The van der Waals surface area contributed by atoms with Gasteiger partial charge in [0.25, 0.3) is 0 Å². The first-order chi connectivity index (χ1) is 7.90. The summed E-state index contributed by atoms with van der Waals surface area (Å²) in [6.07, 6.45) is 0. The number of diazo groups is 1. The summed E-state index contributed by atoms with van der Waals surface area (Å²) in [6.45, 7) is 0.466. The first-order valence-corrected chi connectivity index (χ1v) is 5.01. The van der Waals surface area contributed by atoms with E-state index < -0.39 is 0 Å². The summed E-state index contributed by atoms with van der Waals surface area (Å²) in [6, 6.07) is 17.0. The molecule has 2 aromatic carbocycles. The van der Waals surface area contributed by atoms with Crippen LogP contribution in [-0.2, 0) is 6.61 Å². The highest BCUT2D eigenvalue weighted by Gasteiger charge is 2.12. The molecule has 0 bridgehead atoms. The predicted octanol–water partition coefficient (Wildman–Crippen LogP) is 3.75. The van der Waals surface area contributed by atoms with Crippen molar-refractivity contribution in [3.05, 3.63) is 65.1 Å². The van der Waals surface area contributed by atoms with Crippen LogP contribution >= 0.6 is 0 Å². The first kappa shape index (κ1) is 10.2. The molecule has 0 saturated heterocycles. The van der Waals surface area contributed by atoms with Crippen LogP contribution in [0.15, 0.2) is 54.6 Å². The summed E-state index contributed by atoms with van der Waals surface area (Å²) < 4.78 is 5.56. The molecular weight excluding hydrogens is 200 g/mol. The van der Waals surface area contributed by atoms with Crippen molar-refractivity contribution in [2.24, 2.45) is 0 Å². The van der Waals surface area contributed by atoms with Gasteiger partial charge in [0.1, 0.15) is 6.61 Å². The van der Waals surface area contributed by atoms with Gasteiger partial charge in [0.15, 0.2) is 4.98 Å². The van der Waals surface area contributed by atoms with Crippen molar-refractivity contribution in [2.75, 3.05) is 0 Å². The summed E-state index contributed by atoms with van der Waals surface area (Å²) in [5.41, 5.74) is 1.52. The molecule has 0 saturated carbocycles. The Morgan fingerprint density at radius 2 is 1.62 bits per heavy atom. The van der Waals surface area contributed by atoms with Gasteiger partial charge in [0.2, 0.25) is 11.1 Å². The van der Waals surface area contributed by atoms with Crippen molar-refractivity contribution in [2.45, 2.75) is 6.61 Å². The van der Waals surface area contributed by atoms with E-state index in [1.165, 1.54) is 0 Å². The van der Waals surface area contributed by atoms with Gasteiger partial charge in [-0.3, -0.25) is 0 Å². The lowest BCUT2D eigenvalue weighted by molar-refractivity contribution is 0.308. The van der Waals surface area contributed by atoms with Crippen LogP contribution in [0.2, 0.25) is 0 Å². The number of benzene rings is 2. The fourth-order valence-electron chi connectivity index (χ4n) is 1.40. The standard InChI is InChI=1S/C13H11N2O/c14-15-12-8-4-5-9-13(12)16-10-11-6-2-1-3-7-11/h1-9H,10H2/q+1. The van der Waals surface area contributed by atoms with Crippen LogP contribution in [0.1, 0.15) is 5.56 Å². The third-order valence-electron chi connectivity index (χ3n) is 2.21. The molecule has 0 aliphatic heterocycles. The third-order valence-corrected chi connectivity index (χ3v) is 2.21. The molecule has 0 aliphatic rings. The first-order valence-electron chi connectivity index (χ1n) is 5.01. The van der Waals surface area contributed by atoms with Gasteiger partial charge in [0.05, 0.1) is 0 Å². The molecule has 2 rings (SSSR count). The van der Waals surface area contributed by atoms with E-state index in [4.69, 9.17) is 10.1 Å². The van der Waals surface area contributed by atoms with E-state index in [9.17, 15) is 0 Å². The minimum Gasteiger partial charge on any atom is -0.481 e. The van der Waals surface area contributed by atoms with Crippen molar-refractivity contribution < 1.29 is 4.74 Å². The zero-order chi connectivity index (χ0) is 11.2. The van der Waals surface area contributed by atoms with E-state index >= 15 is 0 Å². The van der Waals surface area contributed by atoms with E-state index in [1.807, 2.05) is 36.4 Å². The summed E-state index contributed by atoms with van der Waals surface area (Å²) in [7, 11) is 0. The number of hydrogen-bond donors (Lipinski definition) is 0. The Hall–Kier alpha value is -2.34. The Morgan fingerprint density at radius 3 is 2.38 bits per heavy atom. The molecule has 0 aliphatic carbocycles. The van der Waals surface area contributed by atoms with Crippen molar-refractivity contribution in [1.29, 1.82) is 5.39 Å². The lowest BCUT2D eigenvalue weighted by atomic mass is 10.2.